The van der Waals surface area contributed by atoms with Gasteiger partial charge in [-0.2, -0.15) is 17.0 Å². The minimum Gasteiger partial charge on any atom is -0.325 e. The molecule has 0 aliphatic heterocycles. The predicted molar refractivity (Wildman–Crippen MR) is 72.1 cm³/mol. The van der Waals surface area contributed by atoms with Gasteiger partial charge >= 0.3 is 0 Å². The van der Waals surface area contributed by atoms with Crippen molar-refractivity contribution in [2.45, 2.75) is 20.3 Å². The van der Waals surface area contributed by atoms with E-state index in [1.165, 1.54) is 17.3 Å². The van der Waals surface area contributed by atoms with Gasteiger partial charge in [0.05, 0.1) is 11.8 Å². The molecule has 3 nitrogen and oxygen atoms in total. The summed E-state index contributed by atoms with van der Waals surface area (Å²) in [5, 5.41) is 11.2. The molecule has 0 fully saturated rings. The van der Waals surface area contributed by atoms with Crippen molar-refractivity contribution in [2.24, 2.45) is 0 Å². The number of carbonyl (C=O) groups excluding carboxylic acids is 1. The lowest BCUT2D eigenvalue weighted by atomic mass is 10.1. The van der Waals surface area contributed by atoms with E-state index < -0.39 is 0 Å². The molecule has 0 atom stereocenters. The van der Waals surface area contributed by atoms with E-state index in [1.54, 1.807) is 0 Å². The molecule has 0 aromatic heterocycles. The second kappa shape index (κ2) is 6.97. The van der Waals surface area contributed by atoms with Crippen molar-refractivity contribution in [1.82, 2.24) is 0 Å². The molecule has 0 aliphatic rings. The van der Waals surface area contributed by atoms with E-state index in [0.717, 1.165) is 11.3 Å². The zero-order valence-corrected chi connectivity index (χ0v) is 10.9. The monoisotopic (exact) mass is 248 g/mol. The number of aryl methyl sites for hydroxylation is 2. The SMILES string of the molecule is Cc1ccc(NC(=O)CSCCC#N)c(C)c1. The maximum Gasteiger partial charge on any atom is 0.234 e. The molecule has 90 valence electrons. The van der Waals surface area contributed by atoms with Gasteiger partial charge in [-0.25, -0.2) is 0 Å². The van der Waals surface area contributed by atoms with Crippen molar-refractivity contribution >= 4 is 23.4 Å². The Morgan fingerprint density at radius 1 is 1.47 bits per heavy atom. The average molecular weight is 248 g/mol. The first-order chi connectivity index (χ1) is 8.13. The number of benzene rings is 1. The highest BCUT2D eigenvalue weighted by Gasteiger charge is 2.04. The zero-order valence-electron chi connectivity index (χ0n) is 10.1. The summed E-state index contributed by atoms with van der Waals surface area (Å²) in [4.78, 5) is 11.6. The number of anilines is 1. The maximum atomic E-state index is 11.6. The number of nitrogens with zero attached hydrogens (tertiary/aromatic N) is 1. The Kier molecular flexibility index (Phi) is 5.58. The Bertz CT molecular complexity index is 438. The quantitative estimate of drug-likeness (QED) is 0.815. The normalized spacial score (nSPS) is 9.71. The van der Waals surface area contributed by atoms with Crippen LogP contribution in [0.1, 0.15) is 17.5 Å². The first-order valence-corrected chi connectivity index (χ1v) is 6.60. The molecule has 0 aliphatic carbocycles. The van der Waals surface area contributed by atoms with Crippen LogP contribution in [0.5, 0.6) is 0 Å². The fraction of sp³-hybridized carbons (Fsp3) is 0.385. The Morgan fingerprint density at radius 3 is 2.88 bits per heavy atom. The molecule has 4 heteroatoms. The summed E-state index contributed by atoms with van der Waals surface area (Å²) in [5.41, 5.74) is 3.12. The Balaban J connectivity index is 2.43. The number of nitrogens with one attached hydrogen (secondary N) is 1. The van der Waals surface area contributed by atoms with Crippen LogP contribution in [0.15, 0.2) is 18.2 Å². The van der Waals surface area contributed by atoms with Crippen LogP contribution in [-0.2, 0) is 4.79 Å². The van der Waals surface area contributed by atoms with Crippen LogP contribution >= 0.6 is 11.8 Å². The van der Waals surface area contributed by atoms with Crippen LogP contribution in [0.4, 0.5) is 5.69 Å². The molecule has 0 radical (unpaired) electrons. The summed E-state index contributed by atoms with van der Waals surface area (Å²) < 4.78 is 0. The lowest BCUT2D eigenvalue weighted by Gasteiger charge is -2.08. The summed E-state index contributed by atoms with van der Waals surface area (Å²) >= 11 is 1.48. The number of amides is 1. The molecule has 17 heavy (non-hydrogen) atoms. The number of nitriles is 1. The van der Waals surface area contributed by atoms with Crippen LogP contribution < -0.4 is 5.32 Å². The lowest BCUT2D eigenvalue weighted by molar-refractivity contribution is -0.113. The largest absolute Gasteiger partial charge is 0.325 e. The van der Waals surface area contributed by atoms with E-state index in [9.17, 15) is 4.79 Å². The van der Waals surface area contributed by atoms with Crippen molar-refractivity contribution in [1.29, 1.82) is 5.26 Å². The summed E-state index contributed by atoms with van der Waals surface area (Å²) in [7, 11) is 0. The fourth-order valence-corrected chi connectivity index (χ4v) is 2.06. The van der Waals surface area contributed by atoms with Gasteiger partial charge in [-0.15, -0.1) is 0 Å². The van der Waals surface area contributed by atoms with Crippen molar-refractivity contribution < 1.29 is 4.79 Å². The van der Waals surface area contributed by atoms with E-state index >= 15 is 0 Å². The minimum atomic E-state index is -0.0140. The molecular weight excluding hydrogens is 232 g/mol. The fourth-order valence-electron chi connectivity index (χ4n) is 1.42. The first-order valence-electron chi connectivity index (χ1n) is 5.45. The van der Waals surface area contributed by atoms with Crippen LogP contribution in [0.25, 0.3) is 0 Å². The molecule has 1 aromatic carbocycles. The van der Waals surface area contributed by atoms with Gasteiger partial charge in [0.25, 0.3) is 0 Å². The maximum absolute atomic E-state index is 11.6. The molecule has 0 heterocycles. The van der Waals surface area contributed by atoms with E-state index in [1.807, 2.05) is 32.0 Å². The number of carbonyl (C=O) groups is 1. The molecule has 0 spiro atoms. The molecule has 0 unspecified atom stereocenters. The molecule has 1 amide bonds. The summed E-state index contributed by atoms with van der Waals surface area (Å²) in [6, 6.07) is 7.99. The highest BCUT2D eigenvalue weighted by molar-refractivity contribution is 7.99. The van der Waals surface area contributed by atoms with Crippen molar-refractivity contribution in [3.63, 3.8) is 0 Å². The van der Waals surface area contributed by atoms with Gasteiger partial charge < -0.3 is 5.32 Å². The zero-order chi connectivity index (χ0) is 12.7. The van der Waals surface area contributed by atoms with Crippen LogP contribution in [0.2, 0.25) is 0 Å². The van der Waals surface area contributed by atoms with Crippen LogP contribution in [-0.4, -0.2) is 17.4 Å². The molecule has 0 saturated heterocycles. The molecule has 1 N–H and O–H groups in total. The third kappa shape index (κ3) is 4.92. The van der Waals surface area contributed by atoms with Crippen LogP contribution in [0, 0.1) is 25.2 Å². The number of hydrogen-bond acceptors (Lipinski definition) is 3. The van der Waals surface area contributed by atoms with E-state index in [4.69, 9.17) is 5.26 Å². The highest BCUT2D eigenvalue weighted by Crippen LogP contribution is 2.16. The Morgan fingerprint density at radius 2 is 2.24 bits per heavy atom. The van der Waals surface area contributed by atoms with Gasteiger partial charge in [0, 0.05) is 17.9 Å². The molecule has 1 aromatic rings. The molecule has 0 bridgehead atoms. The van der Waals surface area contributed by atoms with Gasteiger partial charge in [0.2, 0.25) is 5.91 Å². The van der Waals surface area contributed by atoms with Gasteiger partial charge in [0.1, 0.15) is 0 Å². The van der Waals surface area contributed by atoms with E-state index in [0.29, 0.717) is 17.9 Å². The van der Waals surface area contributed by atoms with E-state index in [-0.39, 0.29) is 5.91 Å². The summed E-state index contributed by atoms with van der Waals surface area (Å²) in [6.45, 7) is 4.00. The number of hydrogen-bond donors (Lipinski definition) is 1. The minimum absolute atomic E-state index is 0.0140. The summed E-state index contributed by atoms with van der Waals surface area (Å²) in [5.74, 6) is 1.09. The Hall–Kier alpha value is -1.47. The van der Waals surface area contributed by atoms with Gasteiger partial charge in [0.15, 0.2) is 0 Å². The molecular formula is C13H16N2OS. The van der Waals surface area contributed by atoms with E-state index in [2.05, 4.69) is 11.4 Å². The van der Waals surface area contributed by atoms with Crippen LogP contribution in [0.3, 0.4) is 0 Å². The third-order valence-corrected chi connectivity index (χ3v) is 3.21. The predicted octanol–water partition coefficient (Wildman–Crippen LogP) is 2.89. The van der Waals surface area contributed by atoms with Crippen molar-refractivity contribution in [3.8, 4) is 6.07 Å². The number of rotatable bonds is 5. The number of thioether (sulfide) groups is 1. The van der Waals surface area contributed by atoms with Gasteiger partial charge in [-0.3, -0.25) is 4.79 Å². The van der Waals surface area contributed by atoms with Crippen molar-refractivity contribution in [3.05, 3.63) is 29.3 Å². The standard InChI is InChI=1S/C13H16N2OS/c1-10-4-5-12(11(2)8-10)15-13(16)9-17-7-3-6-14/h4-5,8H,3,7,9H2,1-2H3,(H,15,16). The topological polar surface area (TPSA) is 52.9 Å². The smallest absolute Gasteiger partial charge is 0.234 e. The van der Waals surface area contributed by atoms with Gasteiger partial charge in [-0.1, -0.05) is 17.7 Å². The molecule has 1 rings (SSSR count). The third-order valence-electron chi connectivity index (χ3n) is 2.25. The van der Waals surface area contributed by atoms with Gasteiger partial charge in [-0.05, 0) is 25.5 Å². The highest BCUT2D eigenvalue weighted by atomic mass is 32.2. The summed E-state index contributed by atoms with van der Waals surface area (Å²) in [6.07, 6.45) is 0.488. The lowest BCUT2D eigenvalue weighted by Crippen LogP contribution is -2.15. The second-order valence-corrected chi connectivity index (χ2v) is 4.93. The molecule has 0 saturated carbocycles. The second-order valence-electron chi connectivity index (χ2n) is 3.83. The van der Waals surface area contributed by atoms with Crippen molar-refractivity contribution in [2.75, 3.05) is 16.8 Å². The average Bonchev–Trinajstić information content (AvgIpc) is 2.28. The Labute approximate surface area is 106 Å². The first kappa shape index (κ1) is 13.6.